The molecule has 6 heteroatoms. The second-order valence-electron chi connectivity index (χ2n) is 7.05. The predicted molar refractivity (Wildman–Crippen MR) is 108 cm³/mol. The first-order chi connectivity index (χ1) is 12.8. The number of phenolic OH excluding ortho intramolecular Hbond substituents is 1. The minimum atomic E-state index is -0.364. The molecule has 0 aliphatic heterocycles. The van der Waals surface area contributed by atoms with E-state index < -0.39 is 0 Å². The number of aromatic nitrogens is 1. The number of nitrogens with zero attached hydrogens (tertiary/aromatic N) is 2. The van der Waals surface area contributed by atoms with Crippen molar-refractivity contribution < 1.29 is 27.0 Å². The number of halogens is 1. The molecule has 0 aliphatic rings. The minimum absolute atomic E-state index is 0. The van der Waals surface area contributed by atoms with Crippen LogP contribution < -0.4 is 12.4 Å². The summed E-state index contributed by atoms with van der Waals surface area (Å²) in [4.78, 5) is 14.8. The molecule has 28 heavy (non-hydrogen) atoms. The molecule has 0 aliphatic carbocycles. The van der Waals surface area contributed by atoms with Gasteiger partial charge in [0, 0.05) is 28.9 Å². The Balaban J connectivity index is 0.00000280. The van der Waals surface area contributed by atoms with Crippen molar-refractivity contribution in [2.45, 2.75) is 27.3 Å². The number of hydrogen-bond acceptors (Lipinski definition) is 4. The number of carbonyl (C=O) groups excluding carboxylic acids is 1. The van der Waals surface area contributed by atoms with Gasteiger partial charge in [0.25, 0.3) is 0 Å². The summed E-state index contributed by atoms with van der Waals surface area (Å²) in [7, 11) is 3.87. The smallest absolute Gasteiger partial charge is 0.340 e. The molecule has 150 valence electrons. The van der Waals surface area contributed by atoms with Crippen molar-refractivity contribution in [1.29, 1.82) is 0 Å². The van der Waals surface area contributed by atoms with E-state index in [1.807, 2.05) is 63.2 Å². The highest BCUT2D eigenvalue weighted by Gasteiger charge is 2.25. The topological polar surface area (TPSA) is 54.7 Å². The first kappa shape index (κ1) is 21.8. The van der Waals surface area contributed by atoms with E-state index in [0.29, 0.717) is 18.7 Å². The fraction of sp³-hybridized carbons (Fsp3) is 0.318. The molecular formula is C22H26ClN2O3-. The number of hydrogen-bond donors (Lipinski definition) is 1. The van der Waals surface area contributed by atoms with Crippen LogP contribution in [0.3, 0.4) is 0 Å². The Labute approximate surface area is 171 Å². The SMILES string of the molecule is CCOC(=O)c1c(C)n(-c2ccc(C)cc2)c2ccc(O)c(CN(C)C)c12.[Cl-]. The summed E-state index contributed by atoms with van der Waals surface area (Å²) in [5.41, 5.74) is 5.08. The first-order valence-corrected chi connectivity index (χ1v) is 9.09. The second-order valence-corrected chi connectivity index (χ2v) is 7.05. The molecule has 1 N–H and O–H groups in total. The summed E-state index contributed by atoms with van der Waals surface area (Å²) in [5.74, 6) is -0.181. The normalized spacial score (nSPS) is 10.9. The molecule has 0 atom stereocenters. The van der Waals surface area contributed by atoms with Gasteiger partial charge in [0.15, 0.2) is 0 Å². The van der Waals surface area contributed by atoms with Gasteiger partial charge in [-0.15, -0.1) is 0 Å². The summed E-state index contributed by atoms with van der Waals surface area (Å²) in [6.07, 6.45) is 0. The molecule has 0 amide bonds. The fourth-order valence-corrected chi connectivity index (χ4v) is 3.52. The van der Waals surface area contributed by atoms with E-state index in [0.717, 1.165) is 27.8 Å². The summed E-state index contributed by atoms with van der Waals surface area (Å²) < 4.78 is 7.39. The maximum absolute atomic E-state index is 12.8. The molecule has 1 heterocycles. The van der Waals surface area contributed by atoms with Crippen LogP contribution >= 0.6 is 0 Å². The maximum Gasteiger partial charge on any atom is 0.340 e. The van der Waals surface area contributed by atoms with Crippen LogP contribution in [0.4, 0.5) is 0 Å². The van der Waals surface area contributed by atoms with Crippen LogP contribution in [-0.4, -0.2) is 41.2 Å². The van der Waals surface area contributed by atoms with Gasteiger partial charge in [-0.1, -0.05) is 17.7 Å². The van der Waals surface area contributed by atoms with Gasteiger partial charge in [-0.3, -0.25) is 0 Å². The second kappa shape index (κ2) is 8.67. The number of aromatic hydroxyl groups is 1. The summed E-state index contributed by atoms with van der Waals surface area (Å²) in [5, 5.41) is 11.3. The quantitative estimate of drug-likeness (QED) is 0.653. The van der Waals surface area contributed by atoms with Crippen molar-refractivity contribution in [2.24, 2.45) is 0 Å². The molecule has 2 aromatic carbocycles. The van der Waals surface area contributed by atoms with Crippen molar-refractivity contribution in [1.82, 2.24) is 9.47 Å². The largest absolute Gasteiger partial charge is 1.00 e. The highest BCUT2D eigenvalue weighted by Crippen LogP contribution is 2.36. The molecule has 0 saturated carbocycles. The number of rotatable bonds is 5. The van der Waals surface area contributed by atoms with Gasteiger partial charge in [-0.2, -0.15) is 0 Å². The number of ether oxygens (including phenoxy) is 1. The van der Waals surface area contributed by atoms with Gasteiger partial charge in [-0.05, 0) is 59.1 Å². The van der Waals surface area contributed by atoms with Crippen LogP contribution in [0.2, 0.25) is 0 Å². The molecule has 0 fully saturated rings. The van der Waals surface area contributed by atoms with Crippen LogP contribution in [0, 0.1) is 13.8 Å². The van der Waals surface area contributed by atoms with Crippen molar-refractivity contribution >= 4 is 16.9 Å². The van der Waals surface area contributed by atoms with Gasteiger partial charge >= 0.3 is 5.97 Å². The summed E-state index contributed by atoms with van der Waals surface area (Å²) in [6.45, 7) is 6.58. The Bertz CT molecular complexity index is 991. The molecule has 1 aromatic heterocycles. The first-order valence-electron chi connectivity index (χ1n) is 9.09. The van der Waals surface area contributed by atoms with Crippen molar-refractivity contribution in [2.75, 3.05) is 20.7 Å². The highest BCUT2D eigenvalue weighted by molar-refractivity contribution is 6.08. The lowest BCUT2D eigenvalue weighted by atomic mass is 10.0. The van der Waals surface area contributed by atoms with Crippen LogP contribution in [0.1, 0.15) is 34.1 Å². The number of aryl methyl sites for hydroxylation is 1. The molecule has 0 saturated heterocycles. The lowest BCUT2D eigenvalue weighted by Gasteiger charge is -2.14. The lowest BCUT2D eigenvalue weighted by Crippen LogP contribution is -3.00. The highest BCUT2D eigenvalue weighted by atomic mass is 35.5. The zero-order chi connectivity index (χ0) is 19.7. The van der Waals surface area contributed by atoms with Gasteiger partial charge < -0.3 is 31.7 Å². The zero-order valence-corrected chi connectivity index (χ0v) is 17.7. The average molecular weight is 402 g/mol. The molecule has 0 unspecified atom stereocenters. The van der Waals surface area contributed by atoms with E-state index in [2.05, 4.69) is 4.57 Å². The molecular weight excluding hydrogens is 376 g/mol. The fourth-order valence-electron chi connectivity index (χ4n) is 3.52. The number of benzene rings is 2. The Kier molecular flexibility index (Phi) is 6.75. The van der Waals surface area contributed by atoms with E-state index in [9.17, 15) is 9.90 Å². The van der Waals surface area contributed by atoms with E-state index in [1.54, 1.807) is 13.0 Å². The summed E-state index contributed by atoms with van der Waals surface area (Å²) >= 11 is 0. The van der Waals surface area contributed by atoms with E-state index in [4.69, 9.17) is 4.74 Å². The number of fused-ring (bicyclic) bond motifs is 1. The number of phenols is 1. The monoisotopic (exact) mass is 401 g/mol. The van der Waals surface area contributed by atoms with Gasteiger partial charge in [0.1, 0.15) is 5.75 Å². The maximum atomic E-state index is 12.8. The summed E-state index contributed by atoms with van der Waals surface area (Å²) in [6, 6.07) is 11.7. The van der Waals surface area contributed by atoms with Crippen LogP contribution in [-0.2, 0) is 11.3 Å². The average Bonchev–Trinajstić information content (AvgIpc) is 2.91. The standard InChI is InChI=1S/C22H26N2O3.ClH/c1-6-27-22(26)20-15(3)24(16-9-7-14(2)8-10-16)18-11-12-19(25)17(21(18)20)13-23(4)5;/h7-12,25H,6,13H2,1-5H3;1H/p-1. The molecule has 3 aromatic rings. The molecule has 3 rings (SSSR count). The van der Waals surface area contributed by atoms with Crippen molar-refractivity contribution in [3.8, 4) is 11.4 Å². The van der Waals surface area contributed by atoms with E-state index in [-0.39, 0.29) is 24.1 Å². The van der Waals surface area contributed by atoms with E-state index in [1.165, 1.54) is 5.56 Å². The van der Waals surface area contributed by atoms with Gasteiger partial charge in [0.2, 0.25) is 0 Å². The van der Waals surface area contributed by atoms with Crippen LogP contribution in [0.25, 0.3) is 16.6 Å². The Morgan fingerprint density at radius 1 is 1.11 bits per heavy atom. The van der Waals surface area contributed by atoms with Crippen molar-refractivity contribution in [3.05, 3.63) is 58.8 Å². The van der Waals surface area contributed by atoms with Gasteiger partial charge in [0.05, 0.1) is 17.7 Å². The zero-order valence-electron chi connectivity index (χ0n) is 16.9. The van der Waals surface area contributed by atoms with Gasteiger partial charge in [-0.25, -0.2) is 4.79 Å². The Morgan fingerprint density at radius 3 is 2.32 bits per heavy atom. The predicted octanol–water partition coefficient (Wildman–Crippen LogP) is 1.20. The third kappa shape index (κ3) is 3.86. The minimum Gasteiger partial charge on any atom is -1.00 e. The number of carbonyl (C=O) groups is 1. The molecule has 0 radical (unpaired) electrons. The molecule has 0 spiro atoms. The molecule has 5 nitrogen and oxygen atoms in total. The Morgan fingerprint density at radius 2 is 1.75 bits per heavy atom. The Hall–Kier alpha value is -2.50. The third-order valence-electron chi connectivity index (χ3n) is 4.70. The van der Waals surface area contributed by atoms with Crippen LogP contribution in [0.15, 0.2) is 36.4 Å². The lowest BCUT2D eigenvalue weighted by molar-refractivity contribution is -0.0000251. The number of esters is 1. The van der Waals surface area contributed by atoms with Crippen LogP contribution in [0.5, 0.6) is 5.75 Å². The van der Waals surface area contributed by atoms with E-state index >= 15 is 0 Å². The molecule has 0 bridgehead atoms. The van der Waals surface area contributed by atoms with Crippen molar-refractivity contribution in [3.63, 3.8) is 0 Å². The third-order valence-corrected chi connectivity index (χ3v) is 4.70.